The van der Waals surface area contributed by atoms with Crippen molar-refractivity contribution in [1.82, 2.24) is 0 Å². The van der Waals surface area contributed by atoms with Crippen LogP contribution in [0.2, 0.25) is 0 Å². The van der Waals surface area contributed by atoms with Crippen molar-refractivity contribution in [3.63, 3.8) is 0 Å². The largest absolute Gasteiger partial charge is 0.466 e. The SMILES string of the molecule is [CH2-][NH+]1CCC(=O)C(SCC)C1. The number of rotatable bonds is 2. The molecular weight excluding hydrogens is 158 g/mol. The van der Waals surface area contributed by atoms with Crippen molar-refractivity contribution in [2.75, 3.05) is 18.8 Å². The molecule has 3 heteroatoms. The topological polar surface area (TPSA) is 21.5 Å². The molecular formula is C8H15NOS. The highest BCUT2D eigenvalue weighted by Crippen LogP contribution is 2.12. The molecule has 0 bridgehead atoms. The Labute approximate surface area is 72.3 Å². The lowest BCUT2D eigenvalue weighted by molar-refractivity contribution is -0.854. The van der Waals surface area contributed by atoms with Gasteiger partial charge in [-0.05, 0) is 5.75 Å². The van der Waals surface area contributed by atoms with Gasteiger partial charge in [-0.15, -0.1) is 11.8 Å². The molecule has 1 N–H and O–H groups in total. The summed E-state index contributed by atoms with van der Waals surface area (Å²) in [6.45, 7) is 3.92. The number of carbonyl (C=O) groups is 1. The average Bonchev–Trinajstić information content (AvgIpc) is 1.98. The fraction of sp³-hybridized carbons (Fsp3) is 0.750. The first kappa shape index (κ1) is 9.07. The second-order valence-corrected chi connectivity index (χ2v) is 4.34. The molecule has 1 aliphatic rings. The molecule has 11 heavy (non-hydrogen) atoms. The van der Waals surface area contributed by atoms with E-state index in [9.17, 15) is 4.79 Å². The van der Waals surface area contributed by atoms with E-state index in [-0.39, 0.29) is 5.25 Å². The molecule has 0 saturated carbocycles. The Hall–Kier alpha value is -0.0200. The third-order valence-corrected chi connectivity index (χ3v) is 3.09. The molecule has 2 nitrogen and oxygen atoms in total. The lowest BCUT2D eigenvalue weighted by atomic mass is 10.1. The number of carbonyl (C=O) groups excluding carboxylic acids is 1. The van der Waals surface area contributed by atoms with Crippen LogP contribution in [-0.2, 0) is 4.79 Å². The Balaban J connectivity index is 2.40. The Morgan fingerprint density at radius 1 is 1.82 bits per heavy atom. The molecule has 1 heterocycles. The van der Waals surface area contributed by atoms with Gasteiger partial charge in [0.15, 0.2) is 5.78 Å². The lowest BCUT2D eigenvalue weighted by Gasteiger charge is -2.30. The zero-order valence-electron chi connectivity index (χ0n) is 6.93. The van der Waals surface area contributed by atoms with Gasteiger partial charge in [0.05, 0.1) is 19.5 Å². The van der Waals surface area contributed by atoms with Crippen molar-refractivity contribution >= 4 is 17.5 Å². The summed E-state index contributed by atoms with van der Waals surface area (Å²) in [5.41, 5.74) is 0. The molecule has 2 unspecified atom stereocenters. The second kappa shape index (κ2) is 4.12. The first-order valence-electron chi connectivity index (χ1n) is 4.05. The van der Waals surface area contributed by atoms with Gasteiger partial charge in [-0.2, -0.15) is 7.05 Å². The van der Waals surface area contributed by atoms with Crippen LogP contribution in [0.4, 0.5) is 0 Å². The summed E-state index contributed by atoms with van der Waals surface area (Å²) in [5, 5.41) is 0.223. The Bertz CT molecular complexity index is 149. The quantitative estimate of drug-likeness (QED) is 0.582. The zero-order chi connectivity index (χ0) is 8.27. The fourth-order valence-corrected chi connectivity index (χ4v) is 2.35. The van der Waals surface area contributed by atoms with Crippen molar-refractivity contribution < 1.29 is 9.69 Å². The third-order valence-electron chi connectivity index (χ3n) is 1.93. The predicted molar refractivity (Wildman–Crippen MR) is 47.6 cm³/mol. The number of quaternary nitrogens is 1. The number of likely N-dealkylation sites (tertiary alicyclic amines) is 1. The zero-order valence-corrected chi connectivity index (χ0v) is 7.75. The van der Waals surface area contributed by atoms with Crippen LogP contribution in [0.5, 0.6) is 0 Å². The predicted octanol–water partition coefficient (Wildman–Crippen LogP) is -0.243. The number of hydrogen-bond donors (Lipinski definition) is 1. The molecule has 0 aromatic rings. The van der Waals surface area contributed by atoms with Crippen LogP contribution in [0, 0.1) is 7.05 Å². The smallest absolute Gasteiger partial charge is 0.156 e. The lowest BCUT2D eigenvalue weighted by Crippen LogP contribution is -3.09. The number of hydrogen-bond acceptors (Lipinski definition) is 2. The maximum Gasteiger partial charge on any atom is 0.156 e. The summed E-state index contributed by atoms with van der Waals surface area (Å²) in [5.74, 6) is 1.45. The second-order valence-electron chi connectivity index (χ2n) is 2.86. The molecule has 1 fully saturated rings. The summed E-state index contributed by atoms with van der Waals surface area (Å²) < 4.78 is 0. The Morgan fingerprint density at radius 3 is 3.18 bits per heavy atom. The third kappa shape index (κ3) is 2.49. The van der Waals surface area contributed by atoms with Crippen LogP contribution < -0.4 is 4.90 Å². The molecule has 1 aliphatic heterocycles. The van der Waals surface area contributed by atoms with Crippen LogP contribution in [0.3, 0.4) is 0 Å². The van der Waals surface area contributed by atoms with Crippen molar-refractivity contribution in [3.05, 3.63) is 7.05 Å². The van der Waals surface area contributed by atoms with Gasteiger partial charge in [0, 0.05) is 0 Å². The van der Waals surface area contributed by atoms with E-state index in [1.807, 2.05) is 0 Å². The summed E-state index contributed by atoms with van der Waals surface area (Å²) in [4.78, 5) is 12.5. The van der Waals surface area contributed by atoms with E-state index in [1.165, 1.54) is 4.90 Å². The van der Waals surface area contributed by atoms with E-state index in [1.54, 1.807) is 11.8 Å². The summed E-state index contributed by atoms with van der Waals surface area (Å²) in [6.07, 6.45) is 0.719. The Kier molecular flexibility index (Phi) is 3.40. The minimum absolute atomic E-state index is 0.223. The molecule has 1 saturated heterocycles. The highest BCUT2D eigenvalue weighted by Gasteiger charge is 2.25. The number of Topliss-reactive ketones (excluding diaryl/α,β-unsaturated/α-hetero) is 1. The molecule has 0 aromatic carbocycles. The minimum Gasteiger partial charge on any atom is -0.466 e. The summed E-state index contributed by atoms with van der Waals surface area (Å²) >= 11 is 1.75. The molecule has 0 aliphatic carbocycles. The normalized spacial score (nSPS) is 32.4. The number of piperidine rings is 1. The maximum atomic E-state index is 11.3. The highest BCUT2D eigenvalue weighted by molar-refractivity contribution is 8.00. The van der Waals surface area contributed by atoms with E-state index in [0.717, 1.165) is 25.3 Å². The standard InChI is InChI=1S/C8H15NOS/c1-3-11-8-6-9(2)5-4-7(8)10/h8-9H,2-6H2,1H3. The van der Waals surface area contributed by atoms with Crippen molar-refractivity contribution in [2.24, 2.45) is 0 Å². The molecule has 2 atom stereocenters. The molecule has 0 aromatic heterocycles. The van der Waals surface area contributed by atoms with Gasteiger partial charge in [-0.25, -0.2) is 0 Å². The van der Waals surface area contributed by atoms with Gasteiger partial charge in [0.1, 0.15) is 5.25 Å². The first-order valence-corrected chi connectivity index (χ1v) is 5.10. The highest BCUT2D eigenvalue weighted by atomic mass is 32.2. The molecule has 0 spiro atoms. The van der Waals surface area contributed by atoms with Crippen molar-refractivity contribution in [1.29, 1.82) is 0 Å². The van der Waals surface area contributed by atoms with E-state index in [0.29, 0.717) is 5.78 Å². The maximum absolute atomic E-state index is 11.3. The van der Waals surface area contributed by atoms with Gasteiger partial charge >= 0.3 is 0 Å². The number of ketones is 1. The van der Waals surface area contributed by atoms with Crippen LogP contribution in [0.15, 0.2) is 0 Å². The minimum atomic E-state index is 0.223. The van der Waals surface area contributed by atoms with Crippen LogP contribution in [0.1, 0.15) is 13.3 Å². The molecule has 0 radical (unpaired) electrons. The molecule has 0 amide bonds. The monoisotopic (exact) mass is 173 g/mol. The molecule has 64 valence electrons. The van der Waals surface area contributed by atoms with Crippen LogP contribution in [-0.4, -0.2) is 29.9 Å². The van der Waals surface area contributed by atoms with Gasteiger partial charge in [0.2, 0.25) is 0 Å². The van der Waals surface area contributed by atoms with Gasteiger partial charge in [-0.3, -0.25) is 4.79 Å². The van der Waals surface area contributed by atoms with Gasteiger partial charge < -0.3 is 4.90 Å². The summed E-state index contributed by atoms with van der Waals surface area (Å²) in [6, 6.07) is 0. The van der Waals surface area contributed by atoms with Crippen molar-refractivity contribution in [3.8, 4) is 0 Å². The van der Waals surface area contributed by atoms with E-state index >= 15 is 0 Å². The number of nitrogens with one attached hydrogen (secondary N) is 1. The average molecular weight is 173 g/mol. The van der Waals surface area contributed by atoms with Gasteiger partial charge in [0.25, 0.3) is 0 Å². The molecule has 1 rings (SSSR count). The van der Waals surface area contributed by atoms with E-state index in [4.69, 9.17) is 0 Å². The summed E-state index contributed by atoms with van der Waals surface area (Å²) in [7, 11) is 3.92. The van der Waals surface area contributed by atoms with Crippen molar-refractivity contribution in [2.45, 2.75) is 18.6 Å². The Morgan fingerprint density at radius 2 is 2.55 bits per heavy atom. The van der Waals surface area contributed by atoms with Crippen LogP contribution in [0.25, 0.3) is 0 Å². The van der Waals surface area contributed by atoms with E-state index in [2.05, 4.69) is 14.0 Å². The fourth-order valence-electron chi connectivity index (χ4n) is 1.29. The number of thioether (sulfide) groups is 1. The van der Waals surface area contributed by atoms with E-state index < -0.39 is 0 Å². The first-order chi connectivity index (χ1) is 5.24. The van der Waals surface area contributed by atoms with Gasteiger partial charge in [-0.1, -0.05) is 6.92 Å². The van der Waals surface area contributed by atoms with Crippen LogP contribution >= 0.6 is 11.8 Å².